The van der Waals surface area contributed by atoms with Crippen LogP contribution < -0.4 is 14.4 Å². The first-order chi connectivity index (χ1) is 14.9. The first kappa shape index (κ1) is 20.9. The number of carbonyl (C=O) groups excluding carboxylic acids is 1. The number of rotatable bonds is 7. The molecular formula is C23H21FN2O4S. The molecule has 0 radical (unpaired) electrons. The number of ether oxygens (including phenoxy) is 1. The number of nitrogens with zero attached hydrogens (tertiary/aromatic N) is 1. The van der Waals surface area contributed by atoms with E-state index < -0.39 is 10.0 Å². The fourth-order valence-electron chi connectivity index (χ4n) is 3.40. The van der Waals surface area contributed by atoms with E-state index in [-0.39, 0.29) is 29.8 Å². The Morgan fingerprint density at radius 1 is 1.00 bits per heavy atom. The Morgan fingerprint density at radius 3 is 2.45 bits per heavy atom. The van der Waals surface area contributed by atoms with Crippen molar-refractivity contribution >= 4 is 21.6 Å². The molecule has 0 aromatic heterocycles. The van der Waals surface area contributed by atoms with Gasteiger partial charge < -0.3 is 10.1 Å². The molecule has 1 heterocycles. The highest BCUT2D eigenvalue weighted by atomic mass is 32.2. The summed E-state index contributed by atoms with van der Waals surface area (Å²) < 4.78 is 45.8. The van der Waals surface area contributed by atoms with Gasteiger partial charge in [-0.2, -0.15) is 0 Å². The van der Waals surface area contributed by atoms with Crippen LogP contribution in [-0.4, -0.2) is 27.5 Å². The number of carbonyl (C=O) groups is 1. The number of sulfonamides is 1. The lowest BCUT2D eigenvalue weighted by Crippen LogP contribution is -2.29. The Balaban J connectivity index is 1.34. The minimum atomic E-state index is -3.67. The Morgan fingerprint density at radius 2 is 1.71 bits per heavy atom. The third-order valence-corrected chi connectivity index (χ3v) is 6.86. The van der Waals surface area contributed by atoms with Crippen LogP contribution in [0, 0.1) is 5.82 Å². The second kappa shape index (κ2) is 8.77. The first-order valence-electron chi connectivity index (χ1n) is 9.78. The van der Waals surface area contributed by atoms with Gasteiger partial charge in [0.1, 0.15) is 11.6 Å². The van der Waals surface area contributed by atoms with Gasteiger partial charge in [0, 0.05) is 13.1 Å². The highest BCUT2D eigenvalue weighted by Gasteiger charge is 2.30. The minimum Gasteiger partial charge on any atom is -0.484 e. The molecule has 1 N–H and O–H groups in total. The van der Waals surface area contributed by atoms with Crippen molar-refractivity contribution in [1.82, 2.24) is 5.32 Å². The first-order valence-corrected chi connectivity index (χ1v) is 11.2. The summed E-state index contributed by atoms with van der Waals surface area (Å²) in [7, 11) is -3.67. The van der Waals surface area contributed by atoms with Crippen molar-refractivity contribution in [3.8, 4) is 5.75 Å². The number of anilines is 1. The summed E-state index contributed by atoms with van der Waals surface area (Å²) in [6.45, 7) is 0.456. The maximum atomic E-state index is 13.0. The fraction of sp³-hybridized carbons (Fsp3) is 0.174. The molecule has 0 saturated heterocycles. The van der Waals surface area contributed by atoms with Crippen LogP contribution in [0.5, 0.6) is 5.75 Å². The van der Waals surface area contributed by atoms with Crippen LogP contribution in [0.25, 0.3) is 0 Å². The topological polar surface area (TPSA) is 75.7 Å². The van der Waals surface area contributed by atoms with E-state index in [1.54, 1.807) is 12.1 Å². The number of para-hydroxylation sites is 1. The molecule has 31 heavy (non-hydrogen) atoms. The zero-order chi connectivity index (χ0) is 21.8. The van der Waals surface area contributed by atoms with Crippen molar-refractivity contribution in [2.24, 2.45) is 0 Å². The van der Waals surface area contributed by atoms with Crippen molar-refractivity contribution in [2.75, 3.05) is 17.5 Å². The van der Waals surface area contributed by atoms with Crippen molar-refractivity contribution in [2.45, 2.75) is 17.9 Å². The number of halogens is 1. The fourth-order valence-corrected chi connectivity index (χ4v) is 4.90. The maximum Gasteiger partial charge on any atom is 0.264 e. The molecule has 4 rings (SSSR count). The molecule has 0 spiro atoms. The van der Waals surface area contributed by atoms with E-state index in [1.807, 2.05) is 24.3 Å². The van der Waals surface area contributed by atoms with Crippen LogP contribution in [0.4, 0.5) is 10.1 Å². The van der Waals surface area contributed by atoms with E-state index in [0.717, 1.165) is 11.1 Å². The zero-order valence-electron chi connectivity index (χ0n) is 16.6. The van der Waals surface area contributed by atoms with E-state index in [2.05, 4.69) is 5.32 Å². The van der Waals surface area contributed by atoms with Gasteiger partial charge in [0.25, 0.3) is 15.9 Å². The maximum absolute atomic E-state index is 13.0. The quantitative estimate of drug-likeness (QED) is 0.612. The van der Waals surface area contributed by atoms with Crippen LogP contribution >= 0.6 is 0 Å². The Labute approximate surface area is 180 Å². The molecule has 0 fully saturated rings. The van der Waals surface area contributed by atoms with Crippen LogP contribution in [0.15, 0.2) is 77.7 Å². The largest absolute Gasteiger partial charge is 0.484 e. The summed E-state index contributed by atoms with van der Waals surface area (Å²) in [5, 5.41) is 2.68. The zero-order valence-corrected chi connectivity index (χ0v) is 17.4. The molecule has 160 valence electrons. The van der Waals surface area contributed by atoms with Crippen LogP contribution in [0.3, 0.4) is 0 Å². The van der Waals surface area contributed by atoms with Crippen molar-refractivity contribution in [3.63, 3.8) is 0 Å². The summed E-state index contributed by atoms with van der Waals surface area (Å²) in [6.07, 6.45) is 0.684. The lowest BCUT2D eigenvalue weighted by Gasteiger charge is -2.19. The number of amides is 1. The number of benzene rings is 3. The van der Waals surface area contributed by atoms with E-state index in [0.29, 0.717) is 24.4 Å². The molecular weight excluding hydrogens is 419 g/mol. The summed E-state index contributed by atoms with van der Waals surface area (Å²) in [5.41, 5.74) is 2.49. The molecule has 0 aliphatic carbocycles. The summed E-state index contributed by atoms with van der Waals surface area (Å²) in [6, 6.07) is 19.3. The Bertz CT molecular complexity index is 1180. The third kappa shape index (κ3) is 4.69. The van der Waals surface area contributed by atoms with Gasteiger partial charge >= 0.3 is 0 Å². The predicted molar refractivity (Wildman–Crippen MR) is 115 cm³/mol. The summed E-state index contributed by atoms with van der Waals surface area (Å²) in [5.74, 6) is -0.287. The Kier molecular flexibility index (Phi) is 5.90. The van der Waals surface area contributed by atoms with Crippen molar-refractivity contribution in [1.29, 1.82) is 0 Å². The standard InChI is InChI=1S/C23H21FN2O4S/c24-19-7-5-17(6-8-19)15-25-23(27)16-30-20-9-11-21(12-10-20)31(28,29)26-14-13-18-3-1-2-4-22(18)26/h1-12H,13-16H2,(H,25,27). The highest BCUT2D eigenvalue weighted by molar-refractivity contribution is 7.92. The van der Waals surface area contributed by atoms with E-state index >= 15 is 0 Å². The second-order valence-electron chi connectivity index (χ2n) is 7.12. The third-order valence-electron chi connectivity index (χ3n) is 5.03. The van der Waals surface area contributed by atoms with Gasteiger partial charge in [-0.05, 0) is 60.0 Å². The average Bonchev–Trinajstić information content (AvgIpc) is 3.23. The molecule has 6 nitrogen and oxygen atoms in total. The number of nitrogens with one attached hydrogen (secondary N) is 1. The van der Waals surface area contributed by atoms with Gasteiger partial charge in [0.05, 0.1) is 10.6 Å². The molecule has 0 bridgehead atoms. The van der Waals surface area contributed by atoms with Crippen LogP contribution in [0.1, 0.15) is 11.1 Å². The SMILES string of the molecule is O=C(COc1ccc(S(=O)(=O)N2CCc3ccccc32)cc1)NCc1ccc(F)cc1. The molecule has 8 heteroatoms. The molecule has 3 aromatic carbocycles. The Hall–Kier alpha value is -3.39. The molecule has 0 atom stereocenters. The molecule has 1 aliphatic heterocycles. The molecule has 0 saturated carbocycles. The van der Waals surface area contributed by atoms with Crippen LogP contribution in [0.2, 0.25) is 0 Å². The van der Waals surface area contributed by atoms with Gasteiger partial charge in [-0.15, -0.1) is 0 Å². The number of hydrogen-bond donors (Lipinski definition) is 1. The van der Waals surface area contributed by atoms with Crippen molar-refractivity contribution in [3.05, 3.63) is 89.7 Å². The van der Waals surface area contributed by atoms with E-state index in [9.17, 15) is 17.6 Å². The van der Waals surface area contributed by atoms with Gasteiger partial charge in [-0.3, -0.25) is 9.10 Å². The van der Waals surface area contributed by atoms with Gasteiger partial charge in [0.15, 0.2) is 6.61 Å². The molecule has 1 amide bonds. The van der Waals surface area contributed by atoms with E-state index in [1.165, 1.54) is 40.7 Å². The minimum absolute atomic E-state index is 0.164. The average molecular weight is 440 g/mol. The summed E-state index contributed by atoms with van der Waals surface area (Å²) in [4.78, 5) is 12.1. The second-order valence-corrected chi connectivity index (χ2v) is 8.98. The van der Waals surface area contributed by atoms with Crippen LogP contribution in [-0.2, 0) is 27.8 Å². The normalized spacial score (nSPS) is 13.0. The lowest BCUT2D eigenvalue weighted by molar-refractivity contribution is -0.123. The highest BCUT2D eigenvalue weighted by Crippen LogP contribution is 2.32. The predicted octanol–water partition coefficient (Wildman–Crippen LogP) is 3.27. The van der Waals surface area contributed by atoms with E-state index in [4.69, 9.17) is 4.74 Å². The smallest absolute Gasteiger partial charge is 0.264 e. The van der Waals surface area contributed by atoms with Gasteiger partial charge in [-0.1, -0.05) is 30.3 Å². The van der Waals surface area contributed by atoms with Gasteiger partial charge in [0.2, 0.25) is 0 Å². The lowest BCUT2D eigenvalue weighted by atomic mass is 10.2. The monoisotopic (exact) mass is 440 g/mol. The number of fused-ring (bicyclic) bond motifs is 1. The number of hydrogen-bond acceptors (Lipinski definition) is 4. The van der Waals surface area contributed by atoms with Gasteiger partial charge in [-0.25, -0.2) is 12.8 Å². The van der Waals surface area contributed by atoms with Crippen molar-refractivity contribution < 1.29 is 22.3 Å². The molecule has 1 aliphatic rings. The molecule has 3 aromatic rings. The molecule has 0 unspecified atom stereocenters. The summed E-state index contributed by atoms with van der Waals surface area (Å²) >= 11 is 0.